The second-order valence-electron chi connectivity index (χ2n) is 17.0. The first-order chi connectivity index (χ1) is 25.3. The summed E-state index contributed by atoms with van der Waals surface area (Å²) in [6.07, 6.45) is 6.30. The molecule has 0 aliphatic heterocycles. The number of rotatable bonds is 8. The molecule has 3 fully saturated rings. The lowest BCUT2D eigenvalue weighted by atomic mass is 9.32. The lowest BCUT2D eigenvalue weighted by Gasteiger charge is -2.71. The number of alkyl halides is 3. The van der Waals surface area contributed by atoms with Crippen molar-refractivity contribution in [1.29, 1.82) is 0 Å². The van der Waals surface area contributed by atoms with E-state index in [0.717, 1.165) is 36.4 Å². The summed E-state index contributed by atoms with van der Waals surface area (Å²) in [4.78, 5) is 15.0. The van der Waals surface area contributed by atoms with Gasteiger partial charge in [-0.2, -0.15) is 17.5 Å². The summed E-state index contributed by atoms with van der Waals surface area (Å²) in [6, 6.07) is 15.2. The third-order valence-electron chi connectivity index (χ3n) is 14.5. The Morgan fingerprint density at radius 1 is 0.963 bits per heavy atom. The topological polar surface area (TPSA) is 108 Å². The number of allylic oxidation sites excluding steroid dienone is 4. The number of furan rings is 1. The van der Waals surface area contributed by atoms with Crippen LogP contribution in [0.5, 0.6) is 0 Å². The molecule has 12 heteroatoms. The van der Waals surface area contributed by atoms with E-state index in [4.69, 9.17) is 16.0 Å². The fourth-order valence-electron chi connectivity index (χ4n) is 11.6. The second-order valence-corrected chi connectivity index (χ2v) is 19.4. The number of benzene rings is 2. The van der Waals surface area contributed by atoms with Gasteiger partial charge in [-0.1, -0.05) is 74.0 Å². The summed E-state index contributed by atoms with van der Waals surface area (Å²) >= 11 is 6.36. The largest absolute Gasteiger partial charge is 0.453 e. The first-order valence-corrected chi connectivity index (χ1v) is 20.8. The molecule has 1 unspecified atom stereocenters. The Labute approximate surface area is 318 Å². The molecule has 0 amide bonds. The van der Waals surface area contributed by atoms with E-state index in [1.165, 1.54) is 16.4 Å². The number of sulfonamides is 1. The minimum atomic E-state index is -4.61. The number of carbonyl (C=O) groups excluding carboxylic acids is 1. The van der Waals surface area contributed by atoms with Gasteiger partial charge in [-0.25, -0.2) is 8.42 Å². The van der Waals surface area contributed by atoms with Gasteiger partial charge >= 0.3 is 6.18 Å². The lowest BCUT2D eigenvalue weighted by Crippen LogP contribution is -2.67. The summed E-state index contributed by atoms with van der Waals surface area (Å²) < 4.78 is 74.9. The van der Waals surface area contributed by atoms with Crippen LogP contribution < -0.4 is 0 Å². The van der Waals surface area contributed by atoms with Crippen molar-refractivity contribution in [1.82, 2.24) is 4.31 Å². The number of hydrogen-bond acceptors (Lipinski definition) is 6. The van der Waals surface area contributed by atoms with Crippen molar-refractivity contribution in [2.24, 2.45) is 33.5 Å². The first kappa shape index (κ1) is 37.7. The normalized spacial score (nSPS) is 35.7. The molecule has 1 heterocycles. The van der Waals surface area contributed by atoms with Crippen LogP contribution in [0.1, 0.15) is 80.5 Å². The molecule has 3 saturated carbocycles. The summed E-state index contributed by atoms with van der Waals surface area (Å²) in [5.74, 6) is -0.705. The molecule has 2 N–H and O–H groups in total. The average Bonchev–Trinajstić information content (AvgIpc) is 3.70. The molecular formula is C42H45ClF3NO6S. The van der Waals surface area contributed by atoms with Crippen LogP contribution in [0.4, 0.5) is 13.2 Å². The van der Waals surface area contributed by atoms with Gasteiger partial charge < -0.3 is 14.6 Å². The van der Waals surface area contributed by atoms with E-state index in [9.17, 15) is 36.6 Å². The number of carbonyl (C=O) groups is 1. The highest BCUT2D eigenvalue weighted by Crippen LogP contribution is 2.78. The monoisotopic (exact) mass is 783 g/mol. The van der Waals surface area contributed by atoms with Crippen LogP contribution in [0.2, 0.25) is 5.02 Å². The van der Waals surface area contributed by atoms with Crippen molar-refractivity contribution in [3.63, 3.8) is 0 Å². The molecule has 54 heavy (non-hydrogen) atoms. The van der Waals surface area contributed by atoms with Crippen molar-refractivity contribution >= 4 is 27.4 Å². The maximum Gasteiger partial charge on any atom is 0.416 e. The van der Waals surface area contributed by atoms with E-state index in [0.29, 0.717) is 44.1 Å². The van der Waals surface area contributed by atoms with Crippen LogP contribution in [0, 0.1) is 33.5 Å². The molecule has 9 rings (SSSR count). The lowest BCUT2D eigenvalue weighted by molar-refractivity contribution is -0.174. The maximum absolute atomic E-state index is 15.0. The zero-order chi connectivity index (χ0) is 38.7. The van der Waals surface area contributed by atoms with Crippen molar-refractivity contribution < 1.29 is 41.0 Å². The molecule has 2 spiro atoms. The molecule has 2 bridgehead atoms. The van der Waals surface area contributed by atoms with Crippen LogP contribution in [-0.4, -0.2) is 53.2 Å². The van der Waals surface area contributed by atoms with E-state index in [2.05, 4.69) is 19.1 Å². The summed E-state index contributed by atoms with van der Waals surface area (Å²) in [6.45, 7) is 4.31. The molecule has 0 radical (unpaired) electrons. The number of halogens is 4. The Bertz CT molecular complexity index is 2190. The second kappa shape index (κ2) is 12.4. The van der Waals surface area contributed by atoms with E-state index in [1.807, 2.05) is 43.3 Å². The molecule has 8 atom stereocenters. The van der Waals surface area contributed by atoms with E-state index in [-0.39, 0.29) is 52.4 Å². The van der Waals surface area contributed by atoms with Gasteiger partial charge in [0.1, 0.15) is 5.76 Å². The SMILES string of the molecule is C[C@]12CC[C@H]3[C@]4(C=C[C@@]5(C=C4C(=O)c4ccc(-c6cc(C(F)(F)F)ccc6Cl)o4)CC(O)CC[C@]35C)[C@@H]1CC[C@@]2(O)CN(Cc1ccccc1)S(C)(=O)=O. The number of ketones is 1. The molecule has 2 aromatic carbocycles. The Morgan fingerprint density at radius 3 is 2.35 bits per heavy atom. The predicted molar refractivity (Wildman–Crippen MR) is 199 cm³/mol. The summed E-state index contributed by atoms with van der Waals surface area (Å²) in [5, 5.41) is 23.9. The molecule has 6 aliphatic rings. The van der Waals surface area contributed by atoms with Gasteiger partial charge in [0, 0.05) is 40.5 Å². The quantitative estimate of drug-likeness (QED) is 0.175. The molecule has 3 aromatic rings. The minimum Gasteiger partial charge on any atom is -0.453 e. The van der Waals surface area contributed by atoms with Gasteiger partial charge in [0.15, 0.2) is 5.76 Å². The van der Waals surface area contributed by atoms with Gasteiger partial charge in [-0.3, -0.25) is 4.79 Å². The molecular weight excluding hydrogens is 739 g/mol. The van der Waals surface area contributed by atoms with Gasteiger partial charge in [-0.05, 0) is 98.1 Å². The van der Waals surface area contributed by atoms with Crippen LogP contribution in [0.25, 0.3) is 11.3 Å². The highest BCUT2D eigenvalue weighted by molar-refractivity contribution is 7.88. The number of aliphatic hydroxyl groups excluding tert-OH is 1. The van der Waals surface area contributed by atoms with Crippen LogP contribution >= 0.6 is 11.6 Å². The third-order valence-corrected chi connectivity index (χ3v) is 16.0. The van der Waals surface area contributed by atoms with Gasteiger partial charge in [-0.15, -0.1) is 0 Å². The smallest absolute Gasteiger partial charge is 0.416 e. The highest BCUT2D eigenvalue weighted by atomic mass is 35.5. The molecule has 0 saturated heterocycles. The van der Waals surface area contributed by atoms with Crippen LogP contribution in [0.15, 0.2) is 88.9 Å². The Morgan fingerprint density at radius 2 is 1.65 bits per heavy atom. The standard InChI is InChI=1S/C42H45ClF3NO6S/c1-37-16-13-28(48)22-39(37)19-20-41(30(23-39)36(49)33-12-11-32(53-33)29-21-27(42(44,45)46)9-10-31(29)43)34(37)14-17-38(2)35(41)15-18-40(38,50)25-47(54(3,51)52)24-26-7-5-4-6-8-26/h4-12,19-21,23,28,34-35,48,50H,13-18,22,24-25H2,1-3H3/t28?,34-,35-,37-,38+,39+,40-,41-/m1/s1. The van der Waals surface area contributed by atoms with Crippen molar-refractivity contribution in [2.45, 2.75) is 83.2 Å². The maximum atomic E-state index is 15.0. The molecule has 6 aliphatic carbocycles. The Hall–Kier alpha value is -3.22. The summed E-state index contributed by atoms with van der Waals surface area (Å²) in [7, 11) is -3.73. The van der Waals surface area contributed by atoms with Gasteiger partial charge in [0.2, 0.25) is 15.8 Å². The van der Waals surface area contributed by atoms with E-state index >= 15 is 0 Å². The first-order valence-electron chi connectivity index (χ1n) is 18.6. The fraction of sp³-hybridized carbons (Fsp3) is 0.500. The highest BCUT2D eigenvalue weighted by Gasteiger charge is 2.74. The zero-order valence-electron chi connectivity index (χ0n) is 30.5. The molecule has 288 valence electrons. The predicted octanol–water partition coefficient (Wildman–Crippen LogP) is 8.85. The number of hydrogen-bond donors (Lipinski definition) is 2. The van der Waals surface area contributed by atoms with Gasteiger partial charge in [0.25, 0.3) is 0 Å². The van der Waals surface area contributed by atoms with Crippen molar-refractivity contribution in [3.8, 4) is 11.3 Å². The van der Waals surface area contributed by atoms with Crippen molar-refractivity contribution in [2.75, 3.05) is 12.8 Å². The third kappa shape index (κ3) is 5.46. The average molecular weight is 784 g/mol. The Kier molecular flexibility index (Phi) is 8.65. The number of aliphatic hydroxyl groups is 2. The number of nitrogens with zero attached hydrogens (tertiary/aromatic N) is 1. The number of fused-ring (bicyclic) bond motifs is 1. The van der Waals surface area contributed by atoms with E-state index < -0.39 is 55.5 Å². The summed E-state index contributed by atoms with van der Waals surface area (Å²) in [5.41, 5.74) is -3.57. The minimum absolute atomic E-state index is 0.0132. The molecule has 1 aromatic heterocycles. The Balaban J connectivity index is 1.21. The van der Waals surface area contributed by atoms with Crippen LogP contribution in [-0.2, 0) is 22.7 Å². The van der Waals surface area contributed by atoms with Crippen molar-refractivity contribution in [3.05, 3.63) is 106 Å². The van der Waals surface area contributed by atoms with E-state index in [1.54, 1.807) is 0 Å². The van der Waals surface area contributed by atoms with Gasteiger partial charge in [0.05, 0.1) is 28.5 Å². The fourth-order valence-corrected chi connectivity index (χ4v) is 12.6. The van der Waals surface area contributed by atoms with Crippen LogP contribution in [0.3, 0.4) is 0 Å². The number of Topliss-reactive ketones (excluding diaryl/α,β-unsaturated/α-hetero) is 1. The zero-order valence-corrected chi connectivity index (χ0v) is 32.1. The molecule has 7 nitrogen and oxygen atoms in total.